The number of aromatic hydroxyl groups is 5. The average molecular weight is 426 g/mol. The predicted octanol–water partition coefficient (Wildman–Crippen LogP) is 2.74. The summed E-state index contributed by atoms with van der Waals surface area (Å²) in [6.45, 7) is 1.79. The monoisotopic (exact) mass is 426 g/mol. The van der Waals surface area contributed by atoms with Crippen LogP contribution in [0.15, 0.2) is 35.1 Å². The zero-order valence-electron chi connectivity index (χ0n) is 16.2. The summed E-state index contributed by atoms with van der Waals surface area (Å²) >= 11 is 0. The number of carbonyl (C=O) groups is 1. The number of carboxylic acids is 1. The molecule has 9 heteroatoms. The summed E-state index contributed by atoms with van der Waals surface area (Å²) in [5.41, 5.74) is -0.798. The van der Waals surface area contributed by atoms with Gasteiger partial charge >= 0.3 is 5.97 Å². The van der Waals surface area contributed by atoms with Crippen molar-refractivity contribution < 1.29 is 40.2 Å². The molecule has 0 spiro atoms. The Balaban J connectivity index is 2.04. The van der Waals surface area contributed by atoms with E-state index in [4.69, 9.17) is 4.74 Å². The zero-order valence-corrected chi connectivity index (χ0v) is 16.2. The second kappa shape index (κ2) is 6.98. The Bertz CT molecular complexity index is 1310. The Hall–Kier alpha value is -4.14. The maximum atomic E-state index is 12.2. The number of phenols is 4. The molecule has 0 amide bonds. The lowest BCUT2D eigenvalue weighted by Crippen LogP contribution is -2.24. The fraction of sp³-hybridized carbons (Fsp3) is 0.182. The molecule has 0 saturated carbocycles. The minimum Gasteiger partial charge on any atom is -0.508 e. The fourth-order valence-electron chi connectivity index (χ4n) is 3.96. The third-order valence-corrected chi connectivity index (χ3v) is 5.43. The molecule has 0 radical (unpaired) electrons. The third kappa shape index (κ3) is 3.20. The van der Waals surface area contributed by atoms with Gasteiger partial charge in [-0.25, -0.2) is 4.79 Å². The number of fused-ring (bicyclic) bond motifs is 2. The van der Waals surface area contributed by atoms with E-state index < -0.39 is 45.7 Å². The van der Waals surface area contributed by atoms with Crippen LogP contribution >= 0.6 is 0 Å². The summed E-state index contributed by atoms with van der Waals surface area (Å²) in [5.74, 6) is -4.26. The van der Waals surface area contributed by atoms with Crippen LogP contribution in [0, 0.1) is 5.92 Å². The van der Waals surface area contributed by atoms with Crippen LogP contribution in [0.25, 0.3) is 10.8 Å². The van der Waals surface area contributed by atoms with Gasteiger partial charge in [0.25, 0.3) is 0 Å². The molecule has 3 aromatic rings. The summed E-state index contributed by atoms with van der Waals surface area (Å²) in [5, 5.41) is 59.9. The Labute approximate surface area is 174 Å². The van der Waals surface area contributed by atoms with E-state index in [0.29, 0.717) is 18.1 Å². The molecular formula is C22H18O9. The highest BCUT2D eigenvalue weighted by Crippen LogP contribution is 2.48. The summed E-state index contributed by atoms with van der Waals surface area (Å²) in [7, 11) is 0. The number of phenolic OH excluding ortho intramolecular Hbond substituents is 4. The van der Waals surface area contributed by atoms with Crippen LogP contribution in [0.4, 0.5) is 0 Å². The standard InChI is InChI=1S/C22H18O9/c1-8-2-13-14(24)5-10(23)6-17(13)31-21(8)12-7-16(26)20(28)18-11(12)3-9(22(29)30)4-15(25)19(18)27/h3-8,21,23-24,26,28H,2H2,1H3,(H,25,27)(H,29,30)/t8-,21+/m1/s1. The van der Waals surface area contributed by atoms with Crippen LogP contribution in [-0.2, 0) is 6.42 Å². The topological polar surface area (TPSA) is 165 Å². The molecule has 1 heterocycles. The molecule has 3 aromatic carbocycles. The van der Waals surface area contributed by atoms with E-state index in [0.717, 1.165) is 6.07 Å². The molecule has 6 N–H and O–H groups in total. The molecule has 0 fully saturated rings. The van der Waals surface area contributed by atoms with Crippen molar-refractivity contribution in [3.63, 3.8) is 0 Å². The van der Waals surface area contributed by atoms with Crippen molar-refractivity contribution in [3.8, 4) is 34.5 Å². The first kappa shape index (κ1) is 20.1. The zero-order chi connectivity index (χ0) is 22.6. The molecule has 4 rings (SSSR count). The molecule has 0 aliphatic carbocycles. The van der Waals surface area contributed by atoms with Gasteiger partial charge in [0.1, 0.15) is 23.4 Å². The highest BCUT2D eigenvalue weighted by Gasteiger charge is 2.33. The number of rotatable bonds is 2. The summed E-state index contributed by atoms with van der Waals surface area (Å²) in [6.07, 6.45) is -0.514. The molecule has 31 heavy (non-hydrogen) atoms. The molecular weight excluding hydrogens is 408 g/mol. The van der Waals surface area contributed by atoms with E-state index >= 15 is 0 Å². The molecule has 2 atom stereocenters. The van der Waals surface area contributed by atoms with E-state index in [-0.39, 0.29) is 34.1 Å². The van der Waals surface area contributed by atoms with Gasteiger partial charge in [-0.15, -0.1) is 0 Å². The maximum Gasteiger partial charge on any atom is 0.335 e. The van der Waals surface area contributed by atoms with Crippen LogP contribution in [0.3, 0.4) is 0 Å². The maximum absolute atomic E-state index is 12.2. The molecule has 0 bridgehead atoms. The Kier molecular flexibility index (Phi) is 4.53. The number of carboxylic acid groups (broad SMARTS) is 1. The van der Waals surface area contributed by atoms with Gasteiger partial charge in [-0.2, -0.15) is 0 Å². The van der Waals surface area contributed by atoms with E-state index in [2.05, 4.69) is 0 Å². The number of aromatic carboxylic acids is 1. The van der Waals surface area contributed by atoms with Gasteiger partial charge < -0.3 is 35.4 Å². The largest absolute Gasteiger partial charge is 0.508 e. The minimum atomic E-state index is -1.43. The lowest BCUT2D eigenvalue weighted by molar-refractivity contribution is 0.0697. The Morgan fingerprint density at radius 3 is 2.35 bits per heavy atom. The normalized spacial score (nSPS) is 17.7. The SMILES string of the molecule is C[C@@H]1Cc2c(O)cc(O)cc2O[C@@H]1c1cc(O)c(O)c2c(O)c(=O)cc(C(=O)O)cc12. The lowest BCUT2D eigenvalue weighted by atomic mass is 9.85. The van der Waals surface area contributed by atoms with Gasteiger partial charge in [0.05, 0.1) is 10.9 Å². The smallest absolute Gasteiger partial charge is 0.335 e. The summed E-state index contributed by atoms with van der Waals surface area (Å²) in [4.78, 5) is 23.8. The third-order valence-electron chi connectivity index (χ3n) is 5.43. The minimum absolute atomic E-state index is 0.00280. The van der Waals surface area contributed by atoms with Crippen molar-refractivity contribution in [2.24, 2.45) is 5.92 Å². The average Bonchev–Trinajstić information content (AvgIpc) is 2.82. The molecule has 1 aliphatic heterocycles. The highest BCUT2D eigenvalue weighted by molar-refractivity contribution is 6.00. The van der Waals surface area contributed by atoms with Crippen LogP contribution in [0.1, 0.15) is 34.5 Å². The van der Waals surface area contributed by atoms with Gasteiger partial charge in [0.15, 0.2) is 17.2 Å². The van der Waals surface area contributed by atoms with Crippen molar-refractivity contribution in [1.82, 2.24) is 0 Å². The van der Waals surface area contributed by atoms with Crippen LogP contribution in [0.5, 0.6) is 34.5 Å². The molecule has 0 saturated heterocycles. The summed E-state index contributed by atoms with van der Waals surface area (Å²) < 4.78 is 5.98. The van der Waals surface area contributed by atoms with E-state index in [1.165, 1.54) is 18.2 Å². The van der Waals surface area contributed by atoms with Crippen LogP contribution in [0.2, 0.25) is 0 Å². The second-order valence-corrected chi connectivity index (χ2v) is 7.55. The van der Waals surface area contributed by atoms with Gasteiger partial charge in [-0.1, -0.05) is 6.92 Å². The first-order valence-electron chi connectivity index (χ1n) is 9.29. The van der Waals surface area contributed by atoms with Crippen LogP contribution < -0.4 is 10.2 Å². The lowest BCUT2D eigenvalue weighted by Gasteiger charge is -2.33. The summed E-state index contributed by atoms with van der Waals surface area (Å²) in [6, 6.07) is 5.49. The van der Waals surface area contributed by atoms with Gasteiger partial charge in [0.2, 0.25) is 5.43 Å². The number of benzene rings is 2. The quantitative estimate of drug-likeness (QED) is 0.338. The van der Waals surface area contributed by atoms with Crippen molar-refractivity contribution in [1.29, 1.82) is 0 Å². The van der Waals surface area contributed by atoms with Gasteiger partial charge in [-0.05, 0) is 23.9 Å². The number of hydrogen-bond donors (Lipinski definition) is 6. The van der Waals surface area contributed by atoms with Crippen LogP contribution in [-0.4, -0.2) is 36.6 Å². The molecule has 160 valence electrons. The number of hydrogen-bond acceptors (Lipinski definition) is 8. The van der Waals surface area contributed by atoms with Gasteiger partial charge in [0, 0.05) is 35.2 Å². The van der Waals surface area contributed by atoms with Crippen molar-refractivity contribution >= 4 is 16.7 Å². The highest BCUT2D eigenvalue weighted by atomic mass is 16.5. The van der Waals surface area contributed by atoms with E-state index in [9.17, 15) is 40.2 Å². The predicted molar refractivity (Wildman–Crippen MR) is 108 cm³/mol. The van der Waals surface area contributed by atoms with Crippen molar-refractivity contribution in [2.45, 2.75) is 19.4 Å². The van der Waals surface area contributed by atoms with Gasteiger partial charge in [-0.3, -0.25) is 4.79 Å². The first-order chi connectivity index (χ1) is 14.6. The van der Waals surface area contributed by atoms with Crippen molar-refractivity contribution in [3.05, 3.63) is 57.2 Å². The molecule has 9 nitrogen and oxygen atoms in total. The Morgan fingerprint density at radius 2 is 1.68 bits per heavy atom. The first-order valence-corrected chi connectivity index (χ1v) is 9.29. The molecule has 0 aromatic heterocycles. The second-order valence-electron chi connectivity index (χ2n) is 7.55. The number of ether oxygens (including phenoxy) is 1. The molecule has 0 unspecified atom stereocenters. The van der Waals surface area contributed by atoms with E-state index in [1.54, 1.807) is 6.92 Å². The van der Waals surface area contributed by atoms with E-state index in [1.807, 2.05) is 0 Å². The fourth-order valence-corrected chi connectivity index (χ4v) is 3.96. The van der Waals surface area contributed by atoms with Crippen molar-refractivity contribution in [2.75, 3.05) is 0 Å². The molecule has 1 aliphatic rings. The Morgan fingerprint density at radius 1 is 0.968 bits per heavy atom.